The van der Waals surface area contributed by atoms with Crippen LogP contribution < -0.4 is 15.9 Å². The molecular formula is C21H20N8O3S. The fraction of sp³-hybridized carbons (Fsp3) is 0.143. The number of carbonyl (C=O) groups is 1. The molecule has 0 fully saturated rings. The lowest BCUT2D eigenvalue weighted by Gasteiger charge is -2.07. The Labute approximate surface area is 193 Å². The van der Waals surface area contributed by atoms with Crippen molar-refractivity contribution in [3.05, 3.63) is 59.8 Å². The summed E-state index contributed by atoms with van der Waals surface area (Å²) in [6, 6.07) is 14.9. The summed E-state index contributed by atoms with van der Waals surface area (Å²) in [4.78, 5) is 14.0. The highest BCUT2D eigenvalue weighted by molar-refractivity contribution is 7.98. The van der Waals surface area contributed by atoms with Gasteiger partial charge in [-0.15, -0.1) is 16.9 Å². The van der Waals surface area contributed by atoms with Gasteiger partial charge in [0.25, 0.3) is 5.91 Å². The van der Waals surface area contributed by atoms with Crippen molar-refractivity contribution in [1.82, 2.24) is 30.7 Å². The number of hydrogen-bond donors (Lipinski definition) is 2. The fourth-order valence-electron chi connectivity index (χ4n) is 2.96. The summed E-state index contributed by atoms with van der Waals surface area (Å²) in [7, 11) is 0. The zero-order valence-electron chi connectivity index (χ0n) is 17.8. The van der Waals surface area contributed by atoms with E-state index in [1.807, 2.05) is 37.4 Å². The summed E-state index contributed by atoms with van der Waals surface area (Å²) in [5.74, 6) is 0.247. The van der Waals surface area contributed by atoms with Crippen molar-refractivity contribution >= 4 is 29.7 Å². The number of nitrogen functional groups attached to an aromatic ring is 1. The van der Waals surface area contributed by atoms with Crippen LogP contribution in [-0.2, 0) is 0 Å². The Kier molecular flexibility index (Phi) is 6.64. The van der Waals surface area contributed by atoms with Gasteiger partial charge in [0.15, 0.2) is 5.69 Å². The maximum absolute atomic E-state index is 12.9. The zero-order chi connectivity index (χ0) is 23.2. The molecule has 0 atom stereocenters. The predicted octanol–water partition coefficient (Wildman–Crippen LogP) is 2.78. The third kappa shape index (κ3) is 4.85. The lowest BCUT2D eigenvalue weighted by atomic mass is 10.1. The summed E-state index contributed by atoms with van der Waals surface area (Å²) in [5.41, 5.74) is 10.2. The molecule has 0 aliphatic rings. The van der Waals surface area contributed by atoms with E-state index in [1.165, 1.54) is 4.68 Å². The maximum Gasteiger partial charge on any atom is 0.294 e. The first-order valence-corrected chi connectivity index (χ1v) is 11.1. The van der Waals surface area contributed by atoms with Crippen molar-refractivity contribution in [2.45, 2.75) is 11.8 Å². The molecule has 1 amide bonds. The molecule has 12 heteroatoms. The highest BCUT2D eigenvalue weighted by Crippen LogP contribution is 2.28. The highest BCUT2D eigenvalue weighted by atomic mass is 32.2. The monoisotopic (exact) mass is 464 g/mol. The van der Waals surface area contributed by atoms with Gasteiger partial charge in [-0.3, -0.25) is 4.79 Å². The Bertz CT molecular complexity index is 1270. The minimum atomic E-state index is -0.558. The molecular weight excluding hydrogens is 444 g/mol. The number of nitrogens with one attached hydrogen (secondary N) is 1. The molecule has 0 aliphatic carbocycles. The van der Waals surface area contributed by atoms with Crippen molar-refractivity contribution < 1.29 is 14.2 Å². The van der Waals surface area contributed by atoms with E-state index in [1.54, 1.807) is 42.2 Å². The summed E-state index contributed by atoms with van der Waals surface area (Å²) in [6.07, 6.45) is 3.55. The topological polar surface area (TPSA) is 146 Å². The van der Waals surface area contributed by atoms with Crippen LogP contribution in [0.5, 0.6) is 5.75 Å². The molecule has 2 aromatic carbocycles. The van der Waals surface area contributed by atoms with Crippen LogP contribution in [0.25, 0.3) is 17.1 Å². The maximum atomic E-state index is 12.9. The van der Waals surface area contributed by atoms with Crippen LogP contribution in [0.15, 0.2) is 63.2 Å². The molecule has 0 spiro atoms. The first-order valence-electron chi connectivity index (χ1n) is 9.85. The highest BCUT2D eigenvalue weighted by Gasteiger charge is 2.25. The Morgan fingerprint density at radius 3 is 2.61 bits per heavy atom. The van der Waals surface area contributed by atoms with Crippen LogP contribution in [0.3, 0.4) is 0 Å². The first-order chi connectivity index (χ1) is 16.1. The van der Waals surface area contributed by atoms with E-state index in [0.717, 1.165) is 10.5 Å². The molecule has 0 saturated carbocycles. The van der Waals surface area contributed by atoms with Crippen LogP contribution in [0.1, 0.15) is 23.0 Å². The second-order valence-corrected chi connectivity index (χ2v) is 7.48. The van der Waals surface area contributed by atoms with E-state index in [9.17, 15) is 4.79 Å². The van der Waals surface area contributed by atoms with Gasteiger partial charge in [-0.25, -0.2) is 10.1 Å². The van der Waals surface area contributed by atoms with Gasteiger partial charge in [0.2, 0.25) is 11.6 Å². The first kappa shape index (κ1) is 22.0. The number of ether oxygens (including phenoxy) is 1. The summed E-state index contributed by atoms with van der Waals surface area (Å²) >= 11 is 1.64. The van der Waals surface area contributed by atoms with Crippen LogP contribution in [0.4, 0.5) is 5.82 Å². The van der Waals surface area contributed by atoms with Crippen molar-refractivity contribution in [2.75, 3.05) is 18.6 Å². The molecule has 3 N–H and O–H groups in total. The third-order valence-corrected chi connectivity index (χ3v) is 5.26. The molecule has 0 bridgehead atoms. The van der Waals surface area contributed by atoms with Crippen LogP contribution in [-0.4, -0.2) is 50.3 Å². The van der Waals surface area contributed by atoms with Gasteiger partial charge in [0.05, 0.1) is 12.8 Å². The number of hydrazone groups is 1. The largest absolute Gasteiger partial charge is 0.494 e. The van der Waals surface area contributed by atoms with Gasteiger partial charge in [-0.05, 0) is 65.5 Å². The quantitative estimate of drug-likeness (QED) is 0.228. The number of carbonyl (C=O) groups excluding carboxylic acids is 1. The summed E-state index contributed by atoms with van der Waals surface area (Å²) in [5, 5.41) is 19.4. The summed E-state index contributed by atoms with van der Waals surface area (Å²) in [6.45, 7) is 2.43. The number of anilines is 1. The number of thioether (sulfide) groups is 1. The SMILES string of the molecule is CCOc1ccc(-c2c(C(=O)N/N=C\c3ccc(SC)cc3)nnn2-c2nonc2N)cc1. The van der Waals surface area contributed by atoms with E-state index < -0.39 is 5.91 Å². The second-order valence-electron chi connectivity index (χ2n) is 6.60. The number of hydrogen-bond acceptors (Lipinski definition) is 10. The van der Waals surface area contributed by atoms with Crippen molar-refractivity contribution in [3.63, 3.8) is 0 Å². The Morgan fingerprint density at radius 1 is 1.21 bits per heavy atom. The number of nitrogens with two attached hydrogens (primary N) is 1. The molecule has 2 aromatic heterocycles. The number of aromatic nitrogens is 5. The van der Waals surface area contributed by atoms with Crippen LogP contribution >= 0.6 is 11.8 Å². The molecule has 168 valence electrons. The van der Waals surface area contributed by atoms with E-state index in [0.29, 0.717) is 23.6 Å². The number of nitrogens with zero attached hydrogens (tertiary/aromatic N) is 6. The summed E-state index contributed by atoms with van der Waals surface area (Å²) < 4.78 is 11.5. The van der Waals surface area contributed by atoms with Gasteiger partial charge in [0.1, 0.15) is 11.4 Å². The molecule has 4 aromatic rings. The van der Waals surface area contributed by atoms with E-state index in [4.69, 9.17) is 10.5 Å². The van der Waals surface area contributed by atoms with Gasteiger partial charge < -0.3 is 10.5 Å². The average molecular weight is 465 g/mol. The minimum absolute atomic E-state index is 0.00533. The van der Waals surface area contributed by atoms with Gasteiger partial charge in [-0.1, -0.05) is 17.3 Å². The number of rotatable bonds is 8. The zero-order valence-corrected chi connectivity index (χ0v) is 18.6. The molecule has 33 heavy (non-hydrogen) atoms. The Hall–Kier alpha value is -4.19. The second kappa shape index (κ2) is 9.96. The number of amides is 1. The molecule has 2 heterocycles. The average Bonchev–Trinajstić information content (AvgIpc) is 3.46. The van der Waals surface area contributed by atoms with Crippen molar-refractivity contribution in [3.8, 4) is 22.8 Å². The predicted molar refractivity (Wildman–Crippen MR) is 124 cm³/mol. The van der Waals surface area contributed by atoms with E-state index >= 15 is 0 Å². The Balaban J connectivity index is 1.64. The lowest BCUT2D eigenvalue weighted by molar-refractivity contribution is 0.0950. The van der Waals surface area contributed by atoms with E-state index in [-0.39, 0.29) is 17.3 Å². The smallest absolute Gasteiger partial charge is 0.294 e. The van der Waals surface area contributed by atoms with Crippen LogP contribution in [0, 0.1) is 0 Å². The van der Waals surface area contributed by atoms with E-state index in [2.05, 4.69) is 35.8 Å². The fourth-order valence-corrected chi connectivity index (χ4v) is 3.37. The molecule has 0 saturated heterocycles. The molecule has 11 nitrogen and oxygen atoms in total. The third-order valence-electron chi connectivity index (χ3n) is 4.52. The minimum Gasteiger partial charge on any atom is -0.494 e. The van der Waals surface area contributed by atoms with Gasteiger partial charge >= 0.3 is 0 Å². The normalized spacial score (nSPS) is 11.1. The van der Waals surface area contributed by atoms with Crippen LogP contribution in [0.2, 0.25) is 0 Å². The standard InChI is InChI=1S/C21H20N8O3S/c1-3-31-15-8-6-14(7-9-15)18-17(24-28-29(18)20-19(22)26-32-27-20)21(30)25-23-12-13-4-10-16(33-2)11-5-13/h4-12H,3H2,1-2H3,(H2,22,26)(H,25,30)/b23-12-. The van der Waals surface area contributed by atoms with Gasteiger partial charge in [-0.2, -0.15) is 9.78 Å². The van der Waals surface area contributed by atoms with Gasteiger partial charge in [0, 0.05) is 10.5 Å². The molecule has 0 aliphatic heterocycles. The lowest BCUT2D eigenvalue weighted by Crippen LogP contribution is -2.19. The Morgan fingerprint density at radius 2 is 1.97 bits per heavy atom. The molecule has 0 radical (unpaired) electrons. The number of benzene rings is 2. The molecule has 0 unspecified atom stereocenters. The van der Waals surface area contributed by atoms with Crippen molar-refractivity contribution in [2.24, 2.45) is 5.10 Å². The van der Waals surface area contributed by atoms with Crippen molar-refractivity contribution in [1.29, 1.82) is 0 Å². The molecule has 4 rings (SSSR count).